The molecule has 19 heavy (non-hydrogen) atoms. The minimum Gasteiger partial charge on any atom is -0.370 e. The lowest BCUT2D eigenvalue weighted by Crippen LogP contribution is -2.28. The fourth-order valence-corrected chi connectivity index (χ4v) is 2.57. The molecular formula is C13H18ClN3O2. The fourth-order valence-electron chi connectivity index (χ4n) is 2.36. The molecular weight excluding hydrogens is 266 g/mol. The average molecular weight is 284 g/mol. The van der Waals surface area contributed by atoms with Crippen molar-refractivity contribution in [2.24, 2.45) is 0 Å². The molecule has 0 N–H and O–H groups in total. The first-order valence-corrected chi connectivity index (χ1v) is 6.92. The minimum absolute atomic E-state index is 0.102. The Kier molecular flexibility index (Phi) is 4.61. The Balaban J connectivity index is 2.22. The van der Waals surface area contributed by atoms with Gasteiger partial charge in [0.05, 0.1) is 10.8 Å². The van der Waals surface area contributed by atoms with Crippen molar-refractivity contribution in [3.63, 3.8) is 0 Å². The van der Waals surface area contributed by atoms with Crippen LogP contribution in [0, 0.1) is 10.1 Å². The zero-order chi connectivity index (χ0) is 13.8. The monoisotopic (exact) mass is 283 g/mol. The molecule has 1 aromatic carbocycles. The summed E-state index contributed by atoms with van der Waals surface area (Å²) < 4.78 is 0. The van der Waals surface area contributed by atoms with Crippen LogP contribution in [-0.4, -0.2) is 43.0 Å². The lowest BCUT2D eigenvalue weighted by Gasteiger charge is -2.23. The van der Waals surface area contributed by atoms with Crippen LogP contribution in [0.4, 0.5) is 11.4 Å². The molecule has 0 spiro atoms. The summed E-state index contributed by atoms with van der Waals surface area (Å²) in [6.07, 6.45) is 1.10. The van der Waals surface area contributed by atoms with E-state index in [0.29, 0.717) is 5.56 Å². The third-order valence-corrected chi connectivity index (χ3v) is 3.78. The number of nitro benzene ring substituents is 1. The van der Waals surface area contributed by atoms with Gasteiger partial charge in [-0.1, -0.05) is 0 Å². The number of alkyl halides is 1. The van der Waals surface area contributed by atoms with Crippen molar-refractivity contribution in [1.82, 2.24) is 4.90 Å². The number of anilines is 1. The van der Waals surface area contributed by atoms with Crippen LogP contribution in [0.25, 0.3) is 0 Å². The Hall–Kier alpha value is -1.33. The summed E-state index contributed by atoms with van der Waals surface area (Å²) in [7, 11) is 2.11. The van der Waals surface area contributed by atoms with E-state index in [1.807, 2.05) is 12.1 Å². The molecule has 1 saturated heterocycles. The number of nitro groups is 1. The van der Waals surface area contributed by atoms with Gasteiger partial charge in [0.25, 0.3) is 5.69 Å². The van der Waals surface area contributed by atoms with Gasteiger partial charge in [-0.15, -0.1) is 11.6 Å². The molecule has 0 amide bonds. The number of likely N-dealkylation sites (N-methyl/N-ethyl adjacent to an activating group) is 1. The van der Waals surface area contributed by atoms with Crippen LogP contribution in [0.1, 0.15) is 12.0 Å². The highest BCUT2D eigenvalue weighted by Gasteiger charge is 2.17. The molecule has 0 unspecified atom stereocenters. The van der Waals surface area contributed by atoms with Gasteiger partial charge < -0.3 is 9.80 Å². The molecule has 1 fully saturated rings. The third kappa shape index (κ3) is 3.36. The molecule has 6 heteroatoms. The first-order valence-electron chi connectivity index (χ1n) is 6.38. The maximum Gasteiger partial charge on any atom is 0.273 e. The maximum atomic E-state index is 10.9. The van der Waals surface area contributed by atoms with E-state index >= 15 is 0 Å². The predicted molar refractivity (Wildman–Crippen MR) is 77.0 cm³/mol. The van der Waals surface area contributed by atoms with Crippen molar-refractivity contribution in [1.29, 1.82) is 0 Å². The second-order valence-electron chi connectivity index (χ2n) is 4.85. The van der Waals surface area contributed by atoms with Crippen molar-refractivity contribution in [2.75, 3.05) is 38.1 Å². The molecule has 1 aliphatic heterocycles. The molecule has 0 radical (unpaired) electrons. The highest BCUT2D eigenvalue weighted by Crippen LogP contribution is 2.27. The minimum atomic E-state index is -0.377. The van der Waals surface area contributed by atoms with E-state index in [-0.39, 0.29) is 16.5 Å². The average Bonchev–Trinajstić information content (AvgIpc) is 2.62. The Morgan fingerprint density at radius 2 is 2.11 bits per heavy atom. The summed E-state index contributed by atoms with van der Waals surface area (Å²) in [6, 6.07) is 5.22. The van der Waals surface area contributed by atoms with Crippen molar-refractivity contribution in [2.45, 2.75) is 12.3 Å². The largest absolute Gasteiger partial charge is 0.370 e. The van der Waals surface area contributed by atoms with Gasteiger partial charge in [-0.05, 0) is 32.1 Å². The first-order chi connectivity index (χ1) is 9.11. The first kappa shape index (κ1) is 14.1. The van der Waals surface area contributed by atoms with Gasteiger partial charge in [-0.25, -0.2) is 0 Å². The van der Waals surface area contributed by atoms with Gasteiger partial charge in [0.1, 0.15) is 0 Å². The molecule has 0 saturated carbocycles. The zero-order valence-electron chi connectivity index (χ0n) is 11.0. The standard InChI is InChI=1S/C13H18ClN3O2/c1-15-5-2-6-16(8-7-15)12-3-4-13(17(18)19)11(9-12)10-14/h3-4,9H,2,5-8,10H2,1H3. The molecule has 1 heterocycles. The molecule has 0 aliphatic carbocycles. The van der Waals surface area contributed by atoms with Crippen LogP contribution in [0.3, 0.4) is 0 Å². The zero-order valence-corrected chi connectivity index (χ0v) is 11.8. The van der Waals surface area contributed by atoms with E-state index in [1.54, 1.807) is 6.07 Å². The van der Waals surface area contributed by atoms with Gasteiger partial charge in [0, 0.05) is 37.0 Å². The normalized spacial score (nSPS) is 17.3. The van der Waals surface area contributed by atoms with E-state index in [1.165, 1.54) is 0 Å². The highest BCUT2D eigenvalue weighted by molar-refractivity contribution is 6.17. The number of hydrogen-bond acceptors (Lipinski definition) is 4. The van der Waals surface area contributed by atoms with Gasteiger partial charge in [0.2, 0.25) is 0 Å². The van der Waals surface area contributed by atoms with Crippen LogP contribution in [0.15, 0.2) is 18.2 Å². The Morgan fingerprint density at radius 1 is 1.32 bits per heavy atom. The Labute approximate surface area is 117 Å². The Morgan fingerprint density at radius 3 is 2.79 bits per heavy atom. The SMILES string of the molecule is CN1CCCN(c2ccc([N+](=O)[O-])c(CCl)c2)CC1. The molecule has 1 aromatic rings. The Bertz CT molecular complexity index is 467. The van der Waals surface area contributed by atoms with Crippen LogP contribution < -0.4 is 4.90 Å². The lowest BCUT2D eigenvalue weighted by atomic mass is 10.1. The van der Waals surface area contributed by atoms with E-state index in [9.17, 15) is 10.1 Å². The number of nitrogens with zero attached hydrogens (tertiary/aromatic N) is 3. The number of halogens is 1. The third-order valence-electron chi connectivity index (χ3n) is 3.49. The van der Waals surface area contributed by atoms with Crippen molar-refractivity contribution in [3.8, 4) is 0 Å². The second-order valence-corrected chi connectivity index (χ2v) is 5.11. The highest BCUT2D eigenvalue weighted by atomic mass is 35.5. The molecule has 104 valence electrons. The van der Waals surface area contributed by atoms with Crippen LogP contribution in [0.2, 0.25) is 0 Å². The lowest BCUT2D eigenvalue weighted by molar-refractivity contribution is -0.385. The smallest absolute Gasteiger partial charge is 0.273 e. The van der Waals surface area contributed by atoms with E-state index < -0.39 is 0 Å². The molecule has 1 aliphatic rings. The topological polar surface area (TPSA) is 49.6 Å². The fraction of sp³-hybridized carbons (Fsp3) is 0.538. The molecule has 0 atom stereocenters. The summed E-state index contributed by atoms with van der Waals surface area (Å²) in [5, 5.41) is 10.9. The van der Waals surface area contributed by atoms with Gasteiger partial charge in [-0.2, -0.15) is 0 Å². The van der Waals surface area contributed by atoms with Gasteiger partial charge >= 0.3 is 0 Å². The van der Waals surface area contributed by atoms with Crippen LogP contribution in [0.5, 0.6) is 0 Å². The molecule has 5 nitrogen and oxygen atoms in total. The second kappa shape index (κ2) is 6.21. The van der Waals surface area contributed by atoms with Gasteiger partial charge in [-0.3, -0.25) is 10.1 Å². The van der Waals surface area contributed by atoms with E-state index in [0.717, 1.165) is 38.3 Å². The summed E-state index contributed by atoms with van der Waals surface area (Å²) in [5.74, 6) is 0.165. The van der Waals surface area contributed by atoms with Crippen molar-refractivity contribution >= 4 is 23.0 Å². The number of hydrogen-bond donors (Lipinski definition) is 0. The molecule has 0 aromatic heterocycles. The predicted octanol–water partition coefficient (Wildman–Crippen LogP) is 2.48. The van der Waals surface area contributed by atoms with E-state index in [4.69, 9.17) is 11.6 Å². The quantitative estimate of drug-likeness (QED) is 0.486. The number of rotatable bonds is 3. The maximum absolute atomic E-state index is 10.9. The summed E-state index contributed by atoms with van der Waals surface area (Å²) in [6.45, 7) is 4.01. The number of benzene rings is 1. The summed E-state index contributed by atoms with van der Waals surface area (Å²) >= 11 is 5.81. The molecule has 0 bridgehead atoms. The van der Waals surface area contributed by atoms with E-state index in [2.05, 4.69) is 16.8 Å². The molecule has 2 rings (SSSR count). The van der Waals surface area contributed by atoms with Crippen molar-refractivity contribution in [3.05, 3.63) is 33.9 Å². The van der Waals surface area contributed by atoms with Gasteiger partial charge in [0.15, 0.2) is 0 Å². The summed E-state index contributed by atoms with van der Waals surface area (Å²) in [5.41, 5.74) is 1.71. The van der Waals surface area contributed by atoms with Crippen LogP contribution >= 0.6 is 11.6 Å². The summed E-state index contributed by atoms with van der Waals surface area (Å²) in [4.78, 5) is 15.1. The van der Waals surface area contributed by atoms with Crippen LogP contribution in [-0.2, 0) is 5.88 Å². The van der Waals surface area contributed by atoms with Crippen molar-refractivity contribution < 1.29 is 4.92 Å².